The van der Waals surface area contributed by atoms with Crippen LogP contribution in [0.1, 0.15) is 27.7 Å². The van der Waals surface area contributed by atoms with Crippen molar-refractivity contribution in [2.45, 2.75) is 27.7 Å². The summed E-state index contributed by atoms with van der Waals surface area (Å²) in [6.07, 6.45) is 1.62. The summed E-state index contributed by atoms with van der Waals surface area (Å²) in [5.41, 5.74) is 2.25. The van der Waals surface area contributed by atoms with Gasteiger partial charge in [0.05, 0.1) is 0 Å². The Bertz CT molecular complexity index is 30.5. The Labute approximate surface area is 72.0 Å². The normalized spacial score (nSPS) is 4.64. The third-order valence-electron chi connectivity index (χ3n) is 0.204. The summed E-state index contributed by atoms with van der Waals surface area (Å²) < 4.78 is 0. The zero-order valence-electron chi connectivity index (χ0n) is 8.86. The van der Waals surface area contributed by atoms with Crippen molar-refractivity contribution in [1.82, 2.24) is 10.7 Å². The number of hydrazine groups is 1. The van der Waals surface area contributed by atoms with Gasteiger partial charge in [-0.1, -0.05) is 34.3 Å². The molecular formula is C8H25N3. The summed E-state index contributed by atoms with van der Waals surface area (Å²) >= 11 is 0. The van der Waals surface area contributed by atoms with E-state index in [4.69, 9.17) is 0 Å². The molecule has 0 aromatic rings. The number of nitrogens with two attached hydrogens (primary N) is 1. The van der Waals surface area contributed by atoms with Crippen LogP contribution in [0.2, 0.25) is 0 Å². The van der Waals surface area contributed by atoms with Gasteiger partial charge in [0.1, 0.15) is 0 Å². The third kappa shape index (κ3) is 2490. The minimum absolute atomic E-state index is 1.62. The summed E-state index contributed by atoms with van der Waals surface area (Å²) in [4.78, 5) is 0. The highest BCUT2D eigenvalue weighted by Gasteiger charge is 1.35. The fraction of sp³-hybridized carbons (Fsp3) is 0.750. The summed E-state index contributed by atoms with van der Waals surface area (Å²) in [5, 5.41) is 2.69. The molecule has 0 aliphatic carbocycles. The van der Waals surface area contributed by atoms with Crippen molar-refractivity contribution >= 4 is 0 Å². The van der Waals surface area contributed by atoms with E-state index in [-0.39, 0.29) is 0 Å². The van der Waals surface area contributed by atoms with Crippen molar-refractivity contribution in [2.24, 2.45) is 5.84 Å². The standard InChI is InChI=1S/C3H7N.2C2H6.CH6N2/c1-3-4-2;2*1-2;1-3-2/h3-4H,1H2,2H3;2*1-2H3;3H,2H2,1H3. The molecule has 0 spiro atoms. The molecule has 0 saturated heterocycles. The highest BCUT2D eigenvalue weighted by Crippen LogP contribution is 1.32. The minimum Gasteiger partial charge on any atom is -0.394 e. The van der Waals surface area contributed by atoms with Gasteiger partial charge >= 0.3 is 0 Å². The van der Waals surface area contributed by atoms with Crippen LogP contribution < -0.4 is 16.6 Å². The van der Waals surface area contributed by atoms with Gasteiger partial charge in [-0.25, -0.2) is 0 Å². The van der Waals surface area contributed by atoms with E-state index in [1.54, 1.807) is 13.2 Å². The van der Waals surface area contributed by atoms with Gasteiger partial charge in [-0.15, -0.1) is 0 Å². The lowest BCUT2D eigenvalue weighted by Crippen LogP contribution is -2.13. The fourth-order valence-corrected chi connectivity index (χ4v) is 0. The van der Waals surface area contributed by atoms with Crippen molar-refractivity contribution in [2.75, 3.05) is 14.1 Å². The van der Waals surface area contributed by atoms with Crippen LogP contribution in [0.3, 0.4) is 0 Å². The molecule has 0 fully saturated rings. The molecule has 0 unspecified atom stereocenters. The van der Waals surface area contributed by atoms with Crippen LogP contribution in [0.4, 0.5) is 0 Å². The lowest BCUT2D eigenvalue weighted by Gasteiger charge is -1.70. The monoisotopic (exact) mass is 163 g/mol. The van der Waals surface area contributed by atoms with Gasteiger partial charge < -0.3 is 5.32 Å². The Hall–Kier alpha value is -0.540. The van der Waals surface area contributed by atoms with Crippen LogP contribution in [-0.4, -0.2) is 14.1 Å². The quantitative estimate of drug-likeness (QED) is 0.405. The molecule has 0 amide bonds. The molecule has 0 bridgehead atoms. The summed E-state index contributed by atoms with van der Waals surface area (Å²) in [6.45, 7) is 11.4. The SMILES string of the molecule is C=CNC.CC.CC.CNN. The Morgan fingerprint density at radius 3 is 1.18 bits per heavy atom. The zero-order valence-corrected chi connectivity index (χ0v) is 8.86. The molecule has 0 radical (unpaired) electrons. The van der Waals surface area contributed by atoms with Crippen molar-refractivity contribution in [3.05, 3.63) is 12.8 Å². The van der Waals surface area contributed by atoms with E-state index < -0.39 is 0 Å². The molecule has 0 rings (SSSR count). The zero-order chi connectivity index (χ0) is 10.1. The fourth-order valence-electron chi connectivity index (χ4n) is 0. The maximum atomic E-state index is 4.60. The maximum Gasteiger partial charge on any atom is 0.00275 e. The maximum absolute atomic E-state index is 4.60. The molecule has 0 aliphatic heterocycles. The largest absolute Gasteiger partial charge is 0.394 e. The molecular weight excluding hydrogens is 138 g/mol. The van der Waals surface area contributed by atoms with Crippen LogP contribution in [0.5, 0.6) is 0 Å². The molecule has 0 aromatic carbocycles. The van der Waals surface area contributed by atoms with Crippen molar-refractivity contribution in [3.63, 3.8) is 0 Å². The van der Waals surface area contributed by atoms with E-state index in [1.807, 2.05) is 34.7 Å². The average molecular weight is 163 g/mol. The second-order valence-electron chi connectivity index (χ2n) is 0.781. The van der Waals surface area contributed by atoms with E-state index in [1.165, 1.54) is 0 Å². The van der Waals surface area contributed by atoms with E-state index in [9.17, 15) is 0 Å². The first-order chi connectivity index (χ1) is 5.33. The second kappa shape index (κ2) is 112. The van der Waals surface area contributed by atoms with Crippen LogP contribution in [0, 0.1) is 0 Å². The van der Waals surface area contributed by atoms with Crippen molar-refractivity contribution < 1.29 is 0 Å². The molecule has 0 aromatic heterocycles. The molecule has 0 aliphatic rings. The highest BCUT2D eigenvalue weighted by molar-refractivity contribution is 4.55. The number of hydrogen-bond acceptors (Lipinski definition) is 3. The molecule has 0 saturated carbocycles. The van der Waals surface area contributed by atoms with Crippen LogP contribution in [-0.2, 0) is 0 Å². The van der Waals surface area contributed by atoms with Gasteiger partial charge in [0.25, 0.3) is 0 Å². The molecule has 0 heterocycles. The number of rotatable bonds is 1. The molecule has 3 nitrogen and oxygen atoms in total. The van der Waals surface area contributed by atoms with Crippen LogP contribution >= 0.6 is 0 Å². The summed E-state index contributed by atoms with van der Waals surface area (Å²) in [6, 6.07) is 0. The second-order valence-corrected chi connectivity index (χ2v) is 0.781. The first-order valence-corrected chi connectivity index (χ1v) is 3.99. The van der Waals surface area contributed by atoms with Crippen molar-refractivity contribution in [3.8, 4) is 0 Å². The topological polar surface area (TPSA) is 50.1 Å². The molecule has 4 N–H and O–H groups in total. The Morgan fingerprint density at radius 1 is 1.09 bits per heavy atom. The molecule has 0 atom stereocenters. The molecule has 3 heteroatoms. The smallest absolute Gasteiger partial charge is 0.00275 e. The third-order valence-corrected chi connectivity index (χ3v) is 0.204. The lowest BCUT2D eigenvalue weighted by atomic mass is 11.0. The van der Waals surface area contributed by atoms with Crippen LogP contribution in [0.15, 0.2) is 12.8 Å². The van der Waals surface area contributed by atoms with Gasteiger partial charge in [0.15, 0.2) is 0 Å². The van der Waals surface area contributed by atoms with E-state index in [0.717, 1.165) is 0 Å². The summed E-state index contributed by atoms with van der Waals surface area (Å²) in [7, 11) is 3.47. The molecule has 11 heavy (non-hydrogen) atoms. The Kier molecular flexibility index (Phi) is 228. The predicted molar refractivity (Wildman–Crippen MR) is 55.2 cm³/mol. The molecule has 72 valence electrons. The van der Waals surface area contributed by atoms with Gasteiger partial charge in [-0.3, -0.25) is 11.3 Å². The first-order valence-electron chi connectivity index (χ1n) is 3.99. The summed E-state index contributed by atoms with van der Waals surface area (Å²) in [5.74, 6) is 4.60. The van der Waals surface area contributed by atoms with E-state index in [2.05, 4.69) is 23.2 Å². The predicted octanol–water partition coefficient (Wildman–Crippen LogP) is 1.48. The van der Waals surface area contributed by atoms with Gasteiger partial charge in [-0.05, 0) is 13.2 Å². The Morgan fingerprint density at radius 2 is 1.18 bits per heavy atom. The number of hydrogen-bond donors (Lipinski definition) is 3. The van der Waals surface area contributed by atoms with E-state index >= 15 is 0 Å². The van der Waals surface area contributed by atoms with Gasteiger partial charge in [0, 0.05) is 7.05 Å². The average Bonchev–Trinajstić information content (AvgIpc) is 2.12. The van der Waals surface area contributed by atoms with Gasteiger partial charge in [0.2, 0.25) is 0 Å². The lowest BCUT2D eigenvalue weighted by molar-refractivity contribution is 0.900. The minimum atomic E-state index is 1.62. The first kappa shape index (κ1) is 22.4. The highest BCUT2D eigenvalue weighted by atomic mass is 15.2. The van der Waals surface area contributed by atoms with Crippen molar-refractivity contribution in [1.29, 1.82) is 0 Å². The Balaban J connectivity index is -0.0000000315. The van der Waals surface area contributed by atoms with E-state index in [0.29, 0.717) is 0 Å². The van der Waals surface area contributed by atoms with Gasteiger partial charge in [-0.2, -0.15) is 0 Å². The van der Waals surface area contributed by atoms with Crippen LogP contribution in [0.25, 0.3) is 0 Å². The number of nitrogens with one attached hydrogen (secondary N) is 2.